The van der Waals surface area contributed by atoms with Crippen molar-refractivity contribution in [2.24, 2.45) is 5.73 Å². The molecule has 0 aliphatic carbocycles. The Morgan fingerprint density at radius 2 is 2.18 bits per heavy atom. The number of nitrogen functional groups attached to an aromatic ring is 1. The first kappa shape index (κ1) is 14.2. The van der Waals surface area contributed by atoms with Gasteiger partial charge in [-0.05, 0) is 13.0 Å². The molecule has 1 aromatic heterocycles. The van der Waals surface area contributed by atoms with Crippen LogP contribution < -0.4 is 11.5 Å². The van der Waals surface area contributed by atoms with Gasteiger partial charge in [0.1, 0.15) is 10.7 Å². The number of sulfonamides is 1. The lowest BCUT2D eigenvalue weighted by atomic mass is 10.4. The summed E-state index contributed by atoms with van der Waals surface area (Å²) in [4.78, 5) is 3.62. The SMILES string of the molecule is CC(CN)N(C)S(=O)(=O)c1cc(Cl)cnc1N. The van der Waals surface area contributed by atoms with Crippen molar-refractivity contribution in [3.05, 3.63) is 17.3 Å². The summed E-state index contributed by atoms with van der Waals surface area (Å²) in [6, 6.07) is 0.942. The molecule has 0 spiro atoms. The molecule has 4 N–H and O–H groups in total. The smallest absolute Gasteiger partial charge is 0.246 e. The Labute approximate surface area is 106 Å². The highest BCUT2D eigenvalue weighted by Crippen LogP contribution is 2.23. The zero-order chi connectivity index (χ0) is 13.2. The highest BCUT2D eigenvalue weighted by Gasteiger charge is 2.27. The van der Waals surface area contributed by atoms with Crippen LogP contribution in [-0.2, 0) is 10.0 Å². The van der Waals surface area contributed by atoms with Crippen LogP contribution in [0.15, 0.2) is 17.2 Å². The molecule has 1 unspecified atom stereocenters. The largest absolute Gasteiger partial charge is 0.383 e. The quantitative estimate of drug-likeness (QED) is 0.824. The van der Waals surface area contributed by atoms with E-state index in [0.29, 0.717) is 0 Å². The normalized spacial score (nSPS) is 13.9. The fraction of sp³-hybridized carbons (Fsp3) is 0.444. The first-order valence-corrected chi connectivity index (χ1v) is 6.71. The minimum atomic E-state index is -3.72. The van der Waals surface area contributed by atoms with Gasteiger partial charge in [-0.1, -0.05) is 11.6 Å². The minimum absolute atomic E-state index is 0.0783. The fourth-order valence-corrected chi connectivity index (χ4v) is 2.86. The molecule has 0 saturated heterocycles. The van der Waals surface area contributed by atoms with E-state index in [0.717, 1.165) is 4.31 Å². The predicted octanol–water partition coefficient (Wildman–Crippen LogP) is 0.285. The number of nitrogens with zero attached hydrogens (tertiary/aromatic N) is 2. The lowest BCUT2D eigenvalue weighted by Gasteiger charge is -2.23. The number of aromatic nitrogens is 1. The summed E-state index contributed by atoms with van der Waals surface area (Å²) in [5.41, 5.74) is 11.0. The first-order chi connectivity index (χ1) is 7.80. The summed E-state index contributed by atoms with van der Waals surface area (Å²) in [7, 11) is -2.28. The Kier molecular flexibility index (Phi) is 4.31. The first-order valence-electron chi connectivity index (χ1n) is 4.89. The van der Waals surface area contributed by atoms with Gasteiger partial charge in [0.05, 0.1) is 5.02 Å². The van der Waals surface area contributed by atoms with Gasteiger partial charge in [0.25, 0.3) is 0 Å². The molecule has 8 heteroatoms. The summed E-state index contributed by atoms with van der Waals surface area (Å²) in [6.45, 7) is 1.91. The summed E-state index contributed by atoms with van der Waals surface area (Å²) < 4.78 is 25.5. The van der Waals surface area contributed by atoms with E-state index in [9.17, 15) is 8.42 Å². The lowest BCUT2D eigenvalue weighted by Crippen LogP contribution is -2.39. The molecule has 1 rings (SSSR count). The molecular weight excluding hydrogens is 264 g/mol. The molecule has 0 radical (unpaired) electrons. The van der Waals surface area contributed by atoms with Gasteiger partial charge in [0, 0.05) is 25.8 Å². The van der Waals surface area contributed by atoms with E-state index in [4.69, 9.17) is 23.1 Å². The van der Waals surface area contributed by atoms with E-state index in [1.807, 2.05) is 0 Å². The van der Waals surface area contributed by atoms with Crippen molar-refractivity contribution >= 4 is 27.4 Å². The average molecular weight is 279 g/mol. The second kappa shape index (κ2) is 5.18. The van der Waals surface area contributed by atoms with E-state index >= 15 is 0 Å². The zero-order valence-corrected chi connectivity index (χ0v) is 11.2. The second-order valence-electron chi connectivity index (χ2n) is 3.64. The molecule has 0 aliphatic heterocycles. The van der Waals surface area contributed by atoms with Crippen LogP contribution in [-0.4, -0.2) is 37.3 Å². The third kappa shape index (κ3) is 2.86. The van der Waals surface area contributed by atoms with Gasteiger partial charge >= 0.3 is 0 Å². The van der Waals surface area contributed by atoms with Crippen LogP contribution in [0.5, 0.6) is 0 Å². The maximum absolute atomic E-state index is 12.2. The van der Waals surface area contributed by atoms with Crippen LogP contribution in [0.3, 0.4) is 0 Å². The van der Waals surface area contributed by atoms with Gasteiger partial charge < -0.3 is 11.5 Å². The Morgan fingerprint density at radius 1 is 1.59 bits per heavy atom. The number of hydrogen-bond donors (Lipinski definition) is 2. The summed E-state index contributed by atoms with van der Waals surface area (Å²) in [5, 5.41) is 0.214. The molecule has 1 aromatic rings. The molecule has 0 aliphatic rings. The molecule has 0 fully saturated rings. The minimum Gasteiger partial charge on any atom is -0.383 e. The molecule has 0 amide bonds. The summed E-state index contributed by atoms with van der Waals surface area (Å²) in [5.74, 6) is -0.0783. The molecular formula is C9H15ClN4O2S. The standard InChI is InChI=1S/C9H15ClN4O2S/c1-6(4-11)14(2)17(15,16)8-3-7(10)5-13-9(8)12/h3,5-6H,4,11H2,1-2H3,(H2,12,13). The van der Waals surface area contributed by atoms with Gasteiger partial charge in [-0.15, -0.1) is 0 Å². The number of likely N-dealkylation sites (N-methyl/N-ethyl adjacent to an activating group) is 1. The van der Waals surface area contributed by atoms with Crippen molar-refractivity contribution in [3.8, 4) is 0 Å². The van der Waals surface area contributed by atoms with Gasteiger partial charge in [-0.2, -0.15) is 4.31 Å². The molecule has 17 heavy (non-hydrogen) atoms. The maximum Gasteiger partial charge on any atom is 0.246 e. The number of halogens is 1. The second-order valence-corrected chi connectivity index (χ2v) is 6.05. The third-order valence-corrected chi connectivity index (χ3v) is 4.67. The van der Waals surface area contributed by atoms with E-state index < -0.39 is 10.0 Å². The van der Waals surface area contributed by atoms with Crippen LogP contribution in [0.2, 0.25) is 5.02 Å². The fourth-order valence-electron chi connectivity index (χ4n) is 1.18. The molecule has 96 valence electrons. The Balaban J connectivity index is 3.26. The van der Waals surface area contributed by atoms with Crippen LogP contribution in [0, 0.1) is 0 Å². The third-order valence-electron chi connectivity index (χ3n) is 2.47. The number of pyridine rings is 1. The van der Waals surface area contributed by atoms with Gasteiger partial charge in [0.15, 0.2) is 0 Å². The van der Waals surface area contributed by atoms with Gasteiger partial charge in [-0.25, -0.2) is 13.4 Å². The maximum atomic E-state index is 12.2. The van der Waals surface area contributed by atoms with E-state index in [1.165, 1.54) is 19.3 Å². The molecule has 0 bridgehead atoms. The topological polar surface area (TPSA) is 102 Å². The van der Waals surface area contributed by atoms with Crippen molar-refractivity contribution in [2.45, 2.75) is 17.9 Å². The van der Waals surface area contributed by atoms with Crippen molar-refractivity contribution in [1.82, 2.24) is 9.29 Å². The molecule has 0 saturated carbocycles. The Morgan fingerprint density at radius 3 is 2.71 bits per heavy atom. The van der Waals surface area contributed by atoms with E-state index in [1.54, 1.807) is 6.92 Å². The molecule has 6 nitrogen and oxygen atoms in total. The highest BCUT2D eigenvalue weighted by atomic mass is 35.5. The van der Waals surface area contributed by atoms with Crippen molar-refractivity contribution in [2.75, 3.05) is 19.3 Å². The summed E-state index contributed by atoms with van der Waals surface area (Å²) >= 11 is 5.72. The summed E-state index contributed by atoms with van der Waals surface area (Å²) in [6.07, 6.45) is 1.29. The number of hydrogen-bond acceptors (Lipinski definition) is 5. The number of rotatable bonds is 4. The number of anilines is 1. The Hall–Kier alpha value is -0.890. The van der Waals surface area contributed by atoms with Crippen LogP contribution in [0.4, 0.5) is 5.82 Å². The van der Waals surface area contributed by atoms with E-state index in [-0.39, 0.29) is 28.3 Å². The van der Waals surface area contributed by atoms with Crippen LogP contribution in [0.25, 0.3) is 0 Å². The van der Waals surface area contributed by atoms with Crippen LogP contribution in [0.1, 0.15) is 6.92 Å². The highest BCUT2D eigenvalue weighted by molar-refractivity contribution is 7.89. The molecule has 1 atom stereocenters. The predicted molar refractivity (Wildman–Crippen MR) is 67.1 cm³/mol. The van der Waals surface area contributed by atoms with Gasteiger partial charge in [-0.3, -0.25) is 0 Å². The van der Waals surface area contributed by atoms with Gasteiger partial charge in [0.2, 0.25) is 10.0 Å². The van der Waals surface area contributed by atoms with Crippen molar-refractivity contribution in [3.63, 3.8) is 0 Å². The molecule has 1 heterocycles. The lowest BCUT2D eigenvalue weighted by molar-refractivity contribution is 0.394. The van der Waals surface area contributed by atoms with Crippen LogP contribution >= 0.6 is 11.6 Å². The van der Waals surface area contributed by atoms with Crippen molar-refractivity contribution < 1.29 is 8.42 Å². The average Bonchev–Trinajstić information content (AvgIpc) is 2.30. The number of nitrogens with two attached hydrogens (primary N) is 2. The monoisotopic (exact) mass is 278 g/mol. The molecule has 0 aromatic carbocycles. The Bertz CT molecular complexity index is 506. The van der Waals surface area contributed by atoms with Crippen molar-refractivity contribution in [1.29, 1.82) is 0 Å². The van der Waals surface area contributed by atoms with E-state index in [2.05, 4.69) is 4.98 Å². The zero-order valence-electron chi connectivity index (χ0n) is 9.59.